The number of hydrogen-bond donors (Lipinski definition) is 0. The van der Waals surface area contributed by atoms with E-state index < -0.39 is 0 Å². The molecule has 34 heavy (non-hydrogen) atoms. The summed E-state index contributed by atoms with van der Waals surface area (Å²) in [6, 6.07) is 20.9. The number of benzene rings is 3. The Bertz CT molecular complexity index is 1140. The molecule has 3 aromatic rings. The van der Waals surface area contributed by atoms with Gasteiger partial charge in [0.05, 0.1) is 27.4 Å². The van der Waals surface area contributed by atoms with Crippen molar-refractivity contribution in [2.45, 2.75) is 12.5 Å². The van der Waals surface area contributed by atoms with Gasteiger partial charge in [-0.1, -0.05) is 30.3 Å². The van der Waals surface area contributed by atoms with E-state index >= 15 is 0 Å². The minimum Gasteiger partial charge on any atom is -0.497 e. The average Bonchev–Trinajstić information content (AvgIpc) is 2.90. The molecule has 6 heteroatoms. The number of ether oxygens (including phenoxy) is 4. The molecule has 1 aliphatic rings. The lowest BCUT2D eigenvalue weighted by Gasteiger charge is -2.37. The van der Waals surface area contributed by atoms with E-state index in [1.54, 1.807) is 27.4 Å². The van der Waals surface area contributed by atoms with Crippen LogP contribution >= 0.6 is 0 Å². The van der Waals surface area contributed by atoms with Gasteiger partial charge in [0.1, 0.15) is 18.1 Å². The predicted molar refractivity (Wildman–Crippen MR) is 132 cm³/mol. The predicted octanol–water partition coefficient (Wildman–Crippen LogP) is 4.93. The van der Waals surface area contributed by atoms with E-state index in [1.807, 2.05) is 77.7 Å². The van der Waals surface area contributed by atoms with Gasteiger partial charge in [-0.2, -0.15) is 0 Å². The Hall–Kier alpha value is -3.93. The van der Waals surface area contributed by atoms with Crippen molar-refractivity contribution in [2.24, 2.45) is 0 Å². The molecule has 0 aliphatic carbocycles. The lowest BCUT2D eigenvalue weighted by molar-refractivity contribution is -0.129. The van der Waals surface area contributed by atoms with Gasteiger partial charge in [-0.05, 0) is 65.6 Å². The molecule has 1 aliphatic heterocycles. The molecule has 0 spiro atoms. The molecular formula is C28H29NO5. The summed E-state index contributed by atoms with van der Waals surface area (Å²) >= 11 is 0. The number of methoxy groups -OCH3 is 3. The fourth-order valence-electron chi connectivity index (χ4n) is 4.15. The highest BCUT2D eigenvalue weighted by molar-refractivity contribution is 5.92. The molecule has 0 saturated carbocycles. The monoisotopic (exact) mass is 459 g/mol. The second kappa shape index (κ2) is 10.8. The molecule has 3 aromatic carbocycles. The Labute approximate surface area is 200 Å². The number of carbonyl (C=O) groups excluding carboxylic acids is 1. The minimum atomic E-state index is -0.279. The van der Waals surface area contributed by atoms with E-state index in [0.29, 0.717) is 30.4 Å². The molecule has 0 aromatic heterocycles. The van der Waals surface area contributed by atoms with Crippen LogP contribution in [-0.4, -0.2) is 45.3 Å². The van der Waals surface area contributed by atoms with Gasteiger partial charge in [-0.25, -0.2) is 0 Å². The van der Waals surface area contributed by atoms with Crippen LogP contribution in [0.3, 0.4) is 0 Å². The third-order valence-corrected chi connectivity index (χ3v) is 5.97. The maximum absolute atomic E-state index is 13.3. The van der Waals surface area contributed by atoms with Crippen molar-refractivity contribution in [3.8, 4) is 23.0 Å². The smallest absolute Gasteiger partial charge is 0.247 e. The van der Waals surface area contributed by atoms with Gasteiger partial charge in [-0.3, -0.25) is 4.79 Å². The lowest BCUT2D eigenvalue weighted by atomic mass is 9.92. The number of rotatable bonds is 8. The van der Waals surface area contributed by atoms with Crippen molar-refractivity contribution in [1.29, 1.82) is 0 Å². The van der Waals surface area contributed by atoms with Gasteiger partial charge in [0, 0.05) is 12.6 Å². The van der Waals surface area contributed by atoms with Gasteiger partial charge in [-0.15, -0.1) is 0 Å². The van der Waals surface area contributed by atoms with Crippen LogP contribution in [0.15, 0.2) is 72.8 Å². The van der Waals surface area contributed by atoms with Crippen molar-refractivity contribution in [3.05, 3.63) is 89.5 Å². The molecule has 0 N–H and O–H groups in total. The molecule has 0 saturated heterocycles. The van der Waals surface area contributed by atoms with Crippen LogP contribution in [0.25, 0.3) is 6.08 Å². The van der Waals surface area contributed by atoms with Crippen LogP contribution in [0, 0.1) is 0 Å². The van der Waals surface area contributed by atoms with Crippen LogP contribution in [0.5, 0.6) is 23.0 Å². The first-order valence-corrected chi connectivity index (χ1v) is 11.2. The number of nitrogens with zero attached hydrogens (tertiary/aromatic N) is 1. The van der Waals surface area contributed by atoms with Crippen LogP contribution < -0.4 is 18.9 Å². The lowest BCUT2D eigenvalue weighted by Crippen LogP contribution is -2.41. The second-order valence-electron chi connectivity index (χ2n) is 7.93. The molecule has 6 nitrogen and oxygen atoms in total. The Morgan fingerprint density at radius 1 is 0.912 bits per heavy atom. The molecular weight excluding hydrogens is 430 g/mol. The number of amides is 1. The number of carbonyl (C=O) groups is 1. The molecule has 1 atom stereocenters. The molecule has 1 amide bonds. The second-order valence-corrected chi connectivity index (χ2v) is 7.93. The van der Waals surface area contributed by atoms with Crippen molar-refractivity contribution in [3.63, 3.8) is 0 Å². The van der Waals surface area contributed by atoms with Crippen molar-refractivity contribution < 1.29 is 23.7 Å². The Morgan fingerprint density at radius 3 is 2.26 bits per heavy atom. The molecule has 176 valence electrons. The Balaban J connectivity index is 1.63. The van der Waals surface area contributed by atoms with Gasteiger partial charge in [0.15, 0.2) is 11.5 Å². The van der Waals surface area contributed by atoms with E-state index in [-0.39, 0.29) is 11.9 Å². The third kappa shape index (κ3) is 5.17. The van der Waals surface area contributed by atoms with Crippen LogP contribution in [0.2, 0.25) is 0 Å². The normalized spacial score (nSPS) is 15.0. The Kier molecular flexibility index (Phi) is 7.38. The van der Waals surface area contributed by atoms with E-state index in [9.17, 15) is 4.79 Å². The molecule has 0 radical (unpaired) electrons. The highest BCUT2D eigenvalue weighted by Gasteiger charge is 2.32. The van der Waals surface area contributed by atoms with E-state index in [1.165, 1.54) is 0 Å². The first kappa shape index (κ1) is 23.2. The van der Waals surface area contributed by atoms with E-state index in [2.05, 4.69) is 0 Å². The highest BCUT2D eigenvalue weighted by Crippen LogP contribution is 2.38. The van der Waals surface area contributed by atoms with E-state index in [4.69, 9.17) is 18.9 Å². The largest absolute Gasteiger partial charge is 0.497 e. The summed E-state index contributed by atoms with van der Waals surface area (Å²) in [5, 5.41) is 0. The van der Waals surface area contributed by atoms with Crippen LogP contribution in [0.1, 0.15) is 22.7 Å². The highest BCUT2D eigenvalue weighted by atomic mass is 16.5. The molecule has 0 fully saturated rings. The SMILES string of the molecule is COc1ccc(OCC2c3cc(OC)c(OC)cc3CCN2C(=O)/C=C/c2ccccc2)cc1. The molecule has 0 bridgehead atoms. The first-order chi connectivity index (χ1) is 16.6. The van der Waals surface area contributed by atoms with Crippen LogP contribution in [0.4, 0.5) is 0 Å². The summed E-state index contributed by atoms with van der Waals surface area (Å²) < 4.78 is 22.4. The zero-order valence-electron chi connectivity index (χ0n) is 19.7. The number of fused-ring (bicyclic) bond motifs is 1. The van der Waals surface area contributed by atoms with Gasteiger partial charge in [0.25, 0.3) is 0 Å². The molecule has 4 rings (SSSR count). The summed E-state index contributed by atoms with van der Waals surface area (Å²) in [4.78, 5) is 15.1. The average molecular weight is 460 g/mol. The quantitative estimate of drug-likeness (QED) is 0.447. The minimum absolute atomic E-state index is 0.0624. The summed E-state index contributed by atoms with van der Waals surface area (Å²) in [6.07, 6.45) is 4.19. The summed E-state index contributed by atoms with van der Waals surface area (Å²) in [5.74, 6) is 2.72. The van der Waals surface area contributed by atoms with Gasteiger partial charge < -0.3 is 23.8 Å². The summed E-state index contributed by atoms with van der Waals surface area (Å²) in [6.45, 7) is 0.886. The van der Waals surface area contributed by atoms with Crippen molar-refractivity contribution in [2.75, 3.05) is 34.5 Å². The van der Waals surface area contributed by atoms with Gasteiger partial charge >= 0.3 is 0 Å². The molecule has 1 heterocycles. The van der Waals surface area contributed by atoms with Crippen LogP contribution in [-0.2, 0) is 11.2 Å². The summed E-state index contributed by atoms with van der Waals surface area (Å²) in [7, 11) is 4.87. The fraction of sp³-hybridized carbons (Fsp3) is 0.250. The summed E-state index contributed by atoms with van der Waals surface area (Å²) in [5.41, 5.74) is 3.10. The first-order valence-electron chi connectivity index (χ1n) is 11.2. The third-order valence-electron chi connectivity index (χ3n) is 5.97. The molecule has 1 unspecified atom stereocenters. The maximum atomic E-state index is 13.3. The van der Waals surface area contributed by atoms with E-state index in [0.717, 1.165) is 28.9 Å². The van der Waals surface area contributed by atoms with Gasteiger partial charge in [0.2, 0.25) is 5.91 Å². The Morgan fingerprint density at radius 2 is 1.59 bits per heavy atom. The zero-order chi connectivity index (χ0) is 23.9. The standard InChI is InChI=1S/C28H29NO5/c1-31-22-10-12-23(13-11-22)34-19-25-24-18-27(33-3)26(32-2)17-21(24)15-16-29(25)28(30)14-9-20-7-5-4-6-8-20/h4-14,17-18,25H,15-16,19H2,1-3H3/b14-9+. The van der Waals surface area contributed by atoms with Crippen molar-refractivity contribution >= 4 is 12.0 Å². The topological polar surface area (TPSA) is 57.2 Å². The van der Waals surface area contributed by atoms with Crippen molar-refractivity contribution in [1.82, 2.24) is 4.90 Å². The zero-order valence-corrected chi connectivity index (χ0v) is 19.7. The fourth-order valence-corrected chi connectivity index (χ4v) is 4.15. The number of hydrogen-bond acceptors (Lipinski definition) is 5. The maximum Gasteiger partial charge on any atom is 0.247 e.